The number of imidazole rings is 1. The van der Waals surface area contributed by atoms with Gasteiger partial charge >= 0.3 is 0 Å². The quantitative estimate of drug-likeness (QED) is 0.224. The molecule has 2 aliphatic heterocycles. The van der Waals surface area contributed by atoms with E-state index in [0.29, 0.717) is 30.6 Å². The lowest BCUT2D eigenvalue weighted by Gasteiger charge is -2.18. The number of amidine groups is 1. The Hall–Kier alpha value is -2.05. The Labute approximate surface area is 181 Å². The summed E-state index contributed by atoms with van der Waals surface area (Å²) in [4.78, 5) is 9.41. The first kappa shape index (κ1) is 20.2. The van der Waals surface area contributed by atoms with E-state index in [-0.39, 0.29) is 16.0 Å². The summed E-state index contributed by atoms with van der Waals surface area (Å²) < 4.78 is 31.7. The predicted octanol–water partition coefficient (Wildman–Crippen LogP) is 4.83. The van der Waals surface area contributed by atoms with Crippen LogP contribution in [0.4, 0.5) is 8.78 Å². The Morgan fingerprint density at radius 3 is 2.83 bits per heavy atom. The normalized spacial score (nSPS) is 18.9. The van der Waals surface area contributed by atoms with E-state index in [2.05, 4.69) is 30.8 Å². The van der Waals surface area contributed by atoms with Crippen molar-refractivity contribution in [1.82, 2.24) is 14.5 Å². The lowest BCUT2D eigenvalue weighted by Crippen LogP contribution is -2.28. The van der Waals surface area contributed by atoms with Crippen molar-refractivity contribution in [2.24, 2.45) is 4.99 Å². The monoisotopic (exact) mass is 479 g/mol. The van der Waals surface area contributed by atoms with Crippen molar-refractivity contribution in [3.8, 4) is 6.19 Å². The number of aryl methyl sites for hydroxylation is 1. The second-order valence-electron chi connectivity index (χ2n) is 7.45. The summed E-state index contributed by atoms with van der Waals surface area (Å²) in [6.45, 7) is 2.29. The van der Waals surface area contributed by atoms with Crippen molar-refractivity contribution >= 4 is 34.0 Å². The number of aromatic nitrogens is 2. The Morgan fingerprint density at radius 1 is 1.34 bits per heavy atom. The largest absolute Gasteiger partial charge is 0.359 e. The molecule has 1 atom stereocenters. The molecule has 0 amide bonds. The van der Waals surface area contributed by atoms with Gasteiger partial charge in [0.15, 0.2) is 4.77 Å². The molecule has 2 aliphatic rings. The average molecular weight is 480 g/mol. The molecule has 1 fully saturated rings. The molecular weight excluding hydrogens is 460 g/mol. The van der Waals surface area contributed by atoms with Crippen LogP contribution in [0.15, 0.2) is 21.6 Å². The molecule has 1 aromatic carbocycles. The molecule has 5 nitrogen and oxygen atoms in total. The topological polar surface area (TPSA) is 60.1 Å². The molecule has 1 aromatic heterocycles. The van der Waals surface area contributed by atoms with Gasteiger partial charge in [-0.1, -0.05) is 0 Å². The van der Waals surface area contributed by atoms with E-state index in [1.165, 1.54) is 12.1 Å². The minimum atomic E-state index is -0.547. The van der Waals surface area contributed by atoms with E-state index in [1.807, 2.05) is 10.8 Å². The van der Waals surface area contributed by atoms with Gasteiger partial charge in [0.05, 0.1) is 4.47 Å². The van der Waals surface area contributed by atoms with Crippen LogP contribution in [-0.4, -0.2) is 33.4 Å². The molecule has 29 heavy (non-hydrogen) atoms. The van der Waals surface area contributed by atoms with Gasteiger partial charge < -0.3 is 14.5 Å². The van der Waals surface area contributed by atoms with Gasteiger partial charge in [0.2, 0.25) is 6.19 Å². The van der Waals surface area contributed by atoms with Crippen LogP contribution in [0, 0.1) is 27.9 Å². The average Bonchev–Trinajstić information content (AvgIpc) is 3.42. The molecule has 0 saturated carbocycles. The fourth-order valence-electron chi connectivity index (χ4n) is 4.37. The van der Waals surface area contributed by atoms with Gasteiger partial charge in [-0.15, -0.1) is 0 Å². The number of likely N-dealkylation sites (tertiary alicyclic amines) is 1. The van der Waals surface area contributed by atoms with Crippen LogP contribution in [0.2, 0.25) is 0 Å². The highest BCUT2D eigenvalue weighted by Gasteiger charge is 2.31. The second kappa shape index (κ2) is 8.36. The molecule has 1 saturated heterocycles. The number of aliphatic imine (C=N–C) groups is 1. The molecule has 0 unspecified atom stereocenters. The van der Waals surface area contributed by atoms with Crippen molar-refractivity contribution in [3.63, 3.8) is 0 Å². The highest BCUT2D eigenvalue weighted by molar-refractivity contribution is 9.10. The molecule has 0 bridgehead atoms. The number of hydrogen-bond acceptors (Lipinski definition) is 3. The summed E-state index contributed by atoms with van der Waals surface area (Å²) >= 11 is 8.60. The minimum Gasteiger partial charge on any atom is -0.359 e. The van der Waals surface area contributed by atoms with Crippen molar-refractivity contribution in [1.29, 1.82) is 5.26 Å². The fourth-order valence-corrected chi connectivity index (χ4v) is 5.02. The van der Waals surface area contributed by atoms with E-state index in [1.54, 1.807) is 0 Å². The number of halogens is 3. The fraction of sp³-hybridized carbons (Fsp3) is 0.450. The maximum absolute atomic E-state index is 14.6. The molecule has 0 aliphatic carbocycles. The van der Waals surface area contributed by atoms with Gasteiger partial charge in [-0.2, -0.15) is 10.3 Å². The summed E-state index contributed by atoms with van der Waals surface area (Å²) in [5.41, 5.74) is 2.04. The first-order valence-electron chi connectivity index (χ1n) is 9.64. The molecule has 152 valence electrons. The number of hydrogen-bond donors (Lipinski definition) is 1. The first-order valence-corrected chi connectivity index (χ1v) is 10.8. The van der Waals surface area contributed by atoms with Gasteiger partial charge in [-0.25, -0.2) is 8.78 Å². The molecule has 4 rings (SSSR count). The molecule has 3 heterocycles. The zero-order valence-corrected chi connectivity index (χ0v) is 18.1. The van der Waals surface area contributed by atoms with Crippen LogP contribution in [-0.2, 0) is 19.4 Å². The number of aromatic amines is 1. The second-order valence-corrected chi connectivity index (χ2v) is 8.69. The molecule has 2 aromatic rings. The number of H-pyrrole nitrogens is 1. The van der Waals surface area contributed by atoms with Crippen molar-refractivity contribution < 1.29 is 8.78 Å². The highest BCUT2D eigenvalue weighted by atomic mass is 79.9. The summed E-state index contributed by atoms with van der Waals surface area (Å²) in [5, 5.41) is 9.02. The van der Waals surface area contributed by atoms with Crippen LogP contribution < -0.4 is 0 Å². The van der Waals surface area contributed by atoms with E-state index >= 15 is 0 Å². The van der Waals surface area contributed by atoms with Gasteiger partial charge in [-0.3, -0.25) is 0 Å². The Bertz CT molecular complexity index is 1060. The zero-order valence-electron chi connectivity index (χ0n) is 15.7. The van der Waals surface area contributed by atoms with Crippen LogP contribution in [0.1, 0.15) is 42.1 Å². The van der Waals surface area contributed by atoms with Crippen LogP contribution in [0.3, 0.4) is 0 Å². The van der Waals surface area contributed by atoms with Crippen LogP contribution >= 0.6 is 28.1 Å². The van der Waals surface area contributed by atoms with E-state index in [4.69, 9.17) is 17.5 Å². The summed E-state index contributed by atoms with van der Waals surface area (Å²) in [6.07, 6.45) is 5.92. The number of benzene rings is 1. The summed E-state index contributed by atoms with van der Waals surface area (Å²) in [5.74, 6) is -0.587. The zero-order chi connectivity index (χ0) is 20.5. The van der Waals surface area contributed by atoms with Crippen molar-refractivity contribution in [3.05, 3.63) is 50.0 Å². The van der Waals surface area contributed by atoms with Crippen molar-refractivity contribution in [2.45, 2.75) is 44.6 Å². The SMILES string of the molecule is N#CN=C(CCc1[nH]c(=S)n2c1C[C@@H](c1c(F)ccc(Br)c1F)C2)N1CCCC1. The molecular formula is C20H20BrF2N5S. The van der Waals surface area contributed by atoms with E-state index in [0.717, 1.165) is 43.2 Å². The number of nitrogens with one attached hydrogen (secondary N) is 1. The van der Waals surface area contributed by atoms with Crippen molar-refractivity contribution in [2.75, 3.05) is 13.1 Å². The first-order chi connectivity index (χ1) is 14.0. The smallest absolute Gasteiger partial charge is 0.207 e. The number of nitriles is 1. The minimum absolute atomic E-state index is 0.104. The number of rotatable bonds is 4. The Balaban J connectivity index is 1.55. The van der Waals surface area contributed by atoms with Gasteiger partial charge in [0, 0.05) is 48.9 Å². The summed E-state index contributed by atoms with van der Waals surface area (Å²) in [7, 11) is 0. The molecule has 9 heteroatoms. The molecule has 0 radical (unpaired) electrons. The van der Waals surface area contributed by atoms with E-state index in [9.17, 15) is 8.78 Å². The standard InChI is InChI=1S/C20H20BrF2N5S/c21-13-3-4-14(22)18(19(13)23)12-9-16-15(26-20(29)28(16)10-12)5-6-17(25-11-24)27-7-1-2-8-27/h3-4,12H,1-2,5-10H2,(H,26,29)/t12-/m1/s1. The number of nitrogens with zero attached hydrogens (tertiary/aromatic N) is 4. The Kier molecular flexibility index (Phi) is 5.83. The summed E-state index contributed by atoms with van der Waals surface area (Å²) in [6, 6.07) is 2.67. The van der Waals surface area contributed by atoms with Crippen LogP contribution in [0.5, 0.6) is 0 Å². The highest BCUT2D eigenvalue weighted by Crippen LogP contribution is 2.36. The molecule has 1 N–H and O–H groups in total. The Morgan fingerprint density at radius 2 is 2.10 bits per heavy atom. The lowest BCUT2D eigenvalue weighted by atomic mass is 9.95. The third-order valence-electron chi connectivity index (χ3n) is 5.76. The maximum Gasteiger partial charge on any atom is 0.207 e. The maximum atomic E-state index is 14.6. The van der Waals surface area contributed by atoms with Crippen LogP contribution in [0.25, 0.3) is 0 Å². The predicted molar refractivity (Wildman–Crippen MR) is 112 cm³/mol. The van der Waals surface area contributed by atoms with Gasteiger partial charge in [0.25, 0.3) is 0 Å². The van der Waals surface area contributed by atoms with Gasteiger partial charge in [0.1, 0.15) is 17.5 Å². The van der Waals surface area contributed by atoms with E-state index < -0.39 is 11.6 Å². The van der Waals surface area contributed by atoms with Gasteiger partial charge in [-0.05, 0) is 66.0 Å². The number of fused-ring (bicyclic) bond motifs is 1. The third-order valence-corrected chi connectivity index (χ3v) is 6.69. The third kappa shape index (κ3) is 3.88. The lowest BCUT2D eigenvalue weighted by molar-refractivity contribution is 0.505. The molecule has 0 spiro atoms.